The second-order valence-corrected chi connectivity index (χ2v) is 15.6. The van der Waals surface area contributed by atoms with Gasteiger partial charge in [0.15, 0.2) is 40.5 Å². The predicted molar refractivity (Wildman–Crippen MR) is 243 cm³/mol. The Labute approximate surface area is 353 Å². The van der Waals surface area contributed by atoms with Gasteiger partial charge in [0, 0.05) is 16.7 Å². The minimum Gasteiger partial charge on any atom is -0.450 e. The van der Waals surface area contributed by atoms with Crippen molar-refractivity contribution in [3.8, 4) is 79.4 Å². The first kappa shape index (κ1) is 34.9. The van der Waals surface area contributed by atoms with Gasteiger partial charge in [-0.05, 0) is 91.7 Å². The molecule has 0 saturated heterocycles. The molecule has 0 spiro atoms. The molecule has 2 aliphatic rings. The van der Waals surface area contributed by atoms with Gasteiger partial charge < -0.3 is 9.47 Å². The summed E-state index contributed by atoms with van der Waals surface area (Å²) in [5.41, 5.74) is 11.3. The first-order chi connectivity index (χ1) is 30.2. The monoisotopic (exact) mass is 781 g/mol. The Bertz CT molecular complexity index is 3270. The number of aromatic nitrogens is 3. The molecule has 0 N–H and O–H groups in total. The molecule has 9 aromatic carbocycles. The van der Waals surface area contributed by atoms with Crippen molar-refractivity contribution in [1.82, 2.24) is 15.0 Å². The van der Waals surface area contributed by atoms with Crippen LogP contribution in [0.15, 0.2) is 212 Å². The van der Waals surface area contributed by atoms with Crippen molar-refractivity contribution in [2.24, 2.45) is 0 Å². The Balaban J connectivity index is 0.926. The van der Waals surface area contributed by atoms with Gasteiger partial charge in [0.2, 0.25) is 0 Å². The molecule has 2 heterocycles. The van der Waals surface area contributed by atoms with E-state index in [0.29, 0.717) is 40.5 Å². The molecular weight excluding hydrogens is 747 g/mol. The molecule has 0 saturated carbocycles. The molecule has 1 aromatic heterocycles. The van der Waals surface area contributed by atoms with E-state index in [-0.39, 0.29) is 0 Å². The molecule has 5 heteroatoms. The van der Waals surface area contributed by atoms with Gasteiger partial charge in [0.05, 0.1) is 5.41 Å². The summed E-state index contributed by atoms with van der Waals surface area (Å²) >= 11 is 0. The second-order valence-electron chi connectivity index (χ2n) is 15.6. The average molecular weight is 782 g/mol. The van der Waals surface area contributed by atoms with E-state index in [2.05, 4.69) is 170 Å². The average Bonchev–Trinajstić information content (AvgIpc) is 3.62. The Kier molecular flexibility index (Phi) is 8.00. The highest BCUT2D eigenvalue weighted by atomic mass is 16.6. The lowest BCUT2D eigenvalue weighted by Gasteiger charge is -2.34. The third-order valence-electron chi connectivity index (χ3n) is 12.0. The molecule has 0 atom stereocenters. The molecule has 0 radical (unpaired) electrons. The maximum atomic E-state index is 6.78. The van der Waals surface area contributed by atoms with Gasteiger partial charge >= 0.3 is 0 Å². The van der Waals surface area contributed by atoms with Crippen LogP contribution >= 0.6 is 0 Å². The van der Waals surface area contributed by atoms with Crippen molar-refractivity contribution in [3.63, 3.8) is 0 Å². The maximum absolute atomic E-state index is 6.78. The fourth-order valence-corrected chi connectivity index (χ4v) is 9.21. The van der Waals surface area contributed by atoms with E-state index in [1.54, 1.807) is 0 Å². The van der Waals surface area contributed by atoms with Crippen LogP contribution in [0.3, 0.4) is 0 Å². The zero-order valence-electron chi connectivity index (χ0n) is 32.9. The van der Waals surface area contributed by atoms with Crippen LogP contribution in [-0.2, 0) is 5.41 Å². The van der Waals surface area contributed by atoms with E-state index < -0.39 is 5.41 Å². The standard InChI is InChI=1S/C56H35N3O2/c1-4-16-37(17-5-1)53-57-54(59-55(58-53)42-28-27-36-15-10-11-18-38(36)31-42)41-20-14-19-39(32-41)40-29-30-49-50(33-40)61-51-34-46-45-25-12-13-26-47(45)56(43-21-6-2-7-22-43,44-23-8-3-9-24-44)48(46)35-52(51)60-49/h1-35H. The van der Waals surface area contributed by atoms with Crippen LogP contribution in [0.25, 0.3) is 67.2 Å². The summed E-state index contributed by atoms with van der Waals surface area (Å²) in [6, 6.07) is 73.8. The summed E-state index contributed by atoms with van der Waals surface area (Å²) in [5, 5.41) is 2.30. The third-order valence-corrected chi connectivity index (χ3v) is 12.0. The van der Waals surface area contributed by atoms with E-state index in [9.17, 15) is 0 Å². The lowest BCUT2D eigenvalue weighted by atomic mass is 9.67. The van der Waals surface area contributed by atoms with Crippen LogP contribution < -0.4 is 9.47 Å². The molecule has 1 aliphatic carbocycles. The Morgan fingerprint density at radius 3 is 1.57 bits per heavy atom. The number of fused-ring (bicyclic) bond motifs is 6. The highest BCUT2D eigenvalue weighted by molar-refractivity contribution is 5.89. The smallest absolute Gasteiger partial charge is 0.170 e. The maximum Gasteiger partial charge on any atom is 0.170 e. The molecule has 0 bridgehead atoms. The van der Waals surface area contributed by atoms with Crippen LogP contribution in [0.5, 0.6) is 23.0 Å². The Hall–Kier alpha value is -8.15. The summed E-state index contributed by atoms with van der Waals surface area (Å²) in [4.78, 5) is 15.1. The van der Waals surface area contributed by atoms with Crippen LogP contribution in [0.1, 0.15) is 22.3 Å². The van der Waals surface area contributed by atoms with Crippen LogP contribution in [0, 0.1) is 0 Å². The van der Waals surface area contributed by atoms with Gasteiger partial charge in [-0.15, -0.1) is 0 Å². The number of hydrogen-bond acceptors (Lipinski definition) is 5. The van der Waals surface area contributed by atoms with E-state index >= 15 is 0 Å². The summed E-state index contributed by atoms with van der Waals surface area (Å²) in [6.07, 6.45) is 0. The molecule has 1 aliphatic heterocycles. The second kappa shape index (κ2) is 14.0. The predicted octanol–water partition coefficient (Wildman–Crippen LogP) is 14.0. The molecule has 5 nitrogen and oxygen atoms in total. The van der Waals surface area contributed by atoms with Crippen LogP contribution in [0.4, 0.5) is 0 Å². The summed E-state index contributed by atoms with van der Waals surface area (Å²) in [5.74, 6) is 4.54. The largest absolute Gasteiger partial charge is 0.450 e. The zero-order valence-corrected chi connectivity index (χ0v) is 32.9. The topological polar surface area (TPSA) is 57.1 Å². The number of rotatable bonds is 6. The first-order valence-electron chi connectivity index (χ1n) is 20.5. The minimum absolute atomic E-state index is 0.529. The van der Waals surface area contributed by atoms with E-state index in [4.69, 9.17) is 24.4 Å². The van der Waals surface area contributed by atoms with Gasteiger partial charge in [0.25, 0.3) is 0 Å². The summed E-state index contributed by atoms with van der Waals surface area (Å²) < 4.78 is 13.5. The molecule has 12 rings (SSSR count). The summed E-state index contributed by atoms with van der Waals surface area (Å²) in [7, 11) is 0. The van der Waals surface area contributed by atoms with Gasteiger partial charge in [-0.2, -0.15) is 0 Å². The van der Waals surface area contributed by atoms with Crippen molar-refractivity contribution in [2.45, 2.75) is 5.41 Å². The molecule has 0 fully saturated rings. The lowest BCUT2D eigenvalue weighted by Crippen LogP contribution is -2.28. The SMILES string of the molecule is c1ccc(-c2nc(-c3cccc(-c4ccc5c(c4)Oc4cc6c(cc4O5)C(c4ccccc4)(c4ccccc4)c4ccccc4-6)c3)nc(-c3ccc4ccccc4c3)n2)cc1. The van der Waals surface area contributed by atoms with Crippen molar-refractivity contribution >= 4 is 10.8 Å². The van der Waals surface area contributed by atoms with Crippen molar-refractivity contribution < 1.29 is 9.47 Å². The molecule has 61 heavy (non-hydrogen) atoms. The zero-order chi connectivity index (χ0) is 40.3. The third kappa shape index (κ3) is 5.74. The highest BCUT2D eigenvalue weighted by Gasteiger charge is 2.47. The summed E-state index contributed by atoms with van der Waals surface area (Å²) in [6.45, 7) is 0. The van der Waals surface area contributed by atoms with Crippen LogP contribution in [-0.4, -0.2) is 15.0 Å². The number of hydrogen-bond donors (Lipinski definition) is 0. The van der Waals surface area contributed by atoms with Crippen LogP contribution in [0.2, 0.25) is 0 Å². The van der Waals surface area contributed by atoms with Crippen molar-refractivity contribution in [1.29, 1.82) is 0 Å². The molecule has 0 amide bonds. The highest BCUT2D eigenvalue weighted by Crippen LogP contribution is 2.59. The fourth-order valence-electron chi connectivity index (χ4n) is 9.21. The molecule has 10 aromatic rings. The van der Waals surface area contributed by atoms with Gasteiger partial charge in [-0.25, -0.2) is 15.0 Å². The van der Waals surface area contributed by atoms with Crippen molar-refractivity contribution in [2.75, 3.05) is 0 Å². The van der Waals surface area contributed by atoms with E-state index in [1.807, 2.05) is 42.5 Å². The van der Waals surface area contributed by atoms with Gasteiger partial charge in [-0.1, -0.05) is 176 Å². The lowest BCUT2D eigenvalue weighted by molar-refractivity contribution is 0.359. The van der Waals surface area contributed by atoms with E-state index in [0.717, 1.165) is 38.8 Å². The first-order valence-corrected chi connectivity index (χ1v) is 20.5. The molecule has 0 unspecified atom stereocenters. The Morgan fingerprint density at radius 2 is 0.820 bits per heavy atom. The fraction of sp³-hybridized carbons (Fsp3) is 0.0179. The Morgan fingerprint density at radius 1 is 0.295 bits per heavy atom. The number of benzene rings is 9. The normalized spacial score (nSPS) is 13.0. The number of nitrogens with zero attached hydrogens (tertiary/aromatic N) is 3. The van der Waals surface area contributed by atoms with E-state index in [1.165, 1.54) is 33.2 Å². The molecule has 286 valence electrons. The van der Waals surface area contributed by atoms with Gasteiger partial charge in [-0.3, -0.25) is 0 Å². The molecular formula is C56H35N3O2. The van der Waals surface area contributed by atoms with Crippen molar-refractivity contribution in [3.05, 3.63) is 235 Å². The van der Waals surface area contributed by atoms with Gasteiger partial charge in [0.1, 0.15) is 0 Å². The number of ether oxygens (including phenoxy) is 2. The minimum atomic E-state index is -0.529. The quantitative estimate of drug-likeness (QED) is 0.168.